The van der Waals surface area contributed by atoms with E-state index in [4.69, 9.17) is 4.98 Å². The topological polar surface area (TPSA) is 37.2 Å². The third-order valence-corrected chi connectivity index (χ3v) is 5.53. The summed E-state index contributed by atoms with van der Waals surface area (Å²) in [5, 5.41) is 0. The third kappa shape index (κ3) is 2.88. The number of piperidine rings is 1. The van der Waals surface area contributed by atoms with Gasteiger partial charge in [-0.2, -0.15) is 0 Å². The van der Waals surface area contributed by atoms with E-state index in [1.807, 2.05) is 12.3 Å². The van der Waals surface area contributed by atoms with Gasteiger partial charge in [-0.1, -0.05) is 6.42 Å². The van der Waals surface area contributed by atoms with Crippen molar-refractivity contribution in [3.63, 3.8) is 0 Å². The van der Waals surface area contributed by atoms with Crippen LogP contribution < -0.4 is 0 Å². The summed E-state index contributed by atoms with van der Waals surface area (Å²) in [7, 11) is 4.46. The van der Waals surface area contributed by atoms with Gasteiger partial charge in [0.1, 0.15) is 11.3 Å². The molecule has 0 amide bonds. The monoisotopic (exact) mass is 313 g/mol. The van der Waals surface area contributed by atoms with Crippen molar-refractivity contribution in [2.24, 2.45) is 5.92 Å². The Morgan fingerprint density at radius 2 is 2.09 bits per heavy atom. The first-order valence-electron chi connectivity index (χ1n) is 8.92. The number of nitrogens with zero attached hydrogens (tertiary/aromatic N) is 5. The zero-order chi connectivity index (χ0) is 15.8. The van der Waals surface area contributed by atoms with E-state index in [0.29, 0.717) is 12.0 Å². The van der Waals surface area contributed by atoms with Gasteiger partial charge in [-0.3, -0.25) is 4.90 Å². The average Bonchev–Trinajstić information content (AvgIpc) is 3.13. The number of aromatic nitrogens is 3. The van der Waals surface area contributed by atoms with Gasteiger partial charge in [0.05, 0.1) is 6.04 Å². The van der Waals surface area contributed by atoms with Gasteiger partial charge >= 0.3 is 0 Å². The number of hydrogen-bond donors (Lipinski definition) is 0. The molecule has 0 spiro atoms. The predicted octanol–water partition coefficient (Wildman–Crippen LogP) is 2.54. The molecule has 0 aromatic carbocycles. The quantitative estimate of drug-likeness (QED) is 0.873. The number of pyridine rings is 1. The number of imidazole rings is 1. The molecule has 4 rings (SSSR count). The summed E-state index contributed by atoms with van der Waals surface area (Å²) >= 11 is 0. The molecule has 5 heteroatoms. The van der Waals surface area contributed by atoms with Crippen molar-refractivity contribution in [2.45, 2.75) is 38.3 Å². The summed E-state index contributed by atoms with van der Waals surface area (Å²) in [4.78, 5) is 14.6. The van der Waals surface area contributed by atoms with Crippen LogP contribution in [-0.4, -0.2) is 58.1 Å². The lowest BCUT2D eigenvalue weighted by atomic mass is 10.0. The van der Waals surface area contributed by atoms with Crippen molar-refractivity contribution in [3.8, 4) is 0 Å². The van der Waals surface area contributed by atoms with Crippen molar-refractivity contribution in [1.29, 1.82) is 0 Å². The summed E-state index contributed by atoms with van der Waals surface area (Å²) in [5.41, 5.74) is 2.11. The van der Waals surface area contributed by atoms with E-state index in [9.17, 15) is 0 Å². The minimum Gasteiger partial charge on any atom is -0.311 e. The van der Waals surface area contributed by atoms with E-state index in [-0.39, 0.29) is 0 Å². The highest BCUT2D eigenvalue weighted by Gasteiger charge is 2.29. The molecule has 0 radical (unpaired) electrons. The Labute approximate surface area is 138 Å². The lowest BCUT2D eigenvalue weighted by Gasteiger charge is -2.32. The van der Waals surface area contributed by atoms with Gasteiger partial charge in [-0.05, 0) is 64.5 Å². The first-order chi connectivity index (χ1) is 11.2. The van der Waals surface area contributed by atoms with Crippen LogP contribution in [0.15, 0.2) is 18.3 Å². The van der Waals surface area contributed by atoms with E-state index in [1.54, 1.807) is 0 Å². The molecular weight excluding hydrogens is 286 g/mol. The van der Waals surface area contributed by atoms with E-state index < -0.39 is 0 Å². The van der Waals surface area contributed by atoms with Crippen LogP contribution >= 0.6 is 0 Å². The first kappa shape index (κ1) is 15.1. The highest BCUT2D eigenvalue weighted by molar-refractivity contribution is 5.71. The Morgan fingerprint density at radius 1 is 1.17 bits per heavy atom. The number of hydrogen-bond acceptors (Lipinski definition) is 4. The molecule has 2 saturated heterocycles. The fraction of sp³-hybridized carbons (Fsp3) is 0.667. The normalized spacial score (nSPS) is 27.0. The molecule has 124 valence electrons. The van der Waals surface area contributed by atoms with E-state index >= 15 is 0 Å². The van der Waals surface area contributed by atoms with Gasteiger partial charge < -0.3 is 9.47 Å². The van der Waals surface area contributed by atoms with Crippen LogP contribution in [0.25, 0.3) is 11.2 Å². The second-order valence-electron chi connectivity index (χ2n) is 7.34. The lowest BCUT2D eigenvalue weighted by molar-refractivity contribution is 0.174. The van der Waals surface area contributed by atoms with Crippen molar-refractivity contribution in [3.05, 3.63) is 24.2 Å². The van der Waals surface area contributed by atoms with Crippen LogP contribution in [0.1, 0.15) is 37.5 Å². The number of fused-ring (bicyclic) bond motifs is 1. The van der Waals surface area contributed by atoms with Crippen molar-refractivity contribution in [1.82, 2.24) is 24.3 Å². The molecule has 0 bridgehead atoms. The molecule has 2 aromatic rings. The number of rotatable bonds is 3. The standard InChI is InChI=1S/C18H27N5/c1-21-11-8-14(12-21)13-23-17-15(6-5-9-19-17)20-18(23)16-7-3-4-10-22(16)2/h5-6,9,14,16H,3-4,7-8,10-13H2,1-2H3. The Balaban J connectivity index is 1.72. The molecule has 4 heterocycles. The van der Waals surface area contributed by atoms with Crippen LogP contribution in [-0.2, 0) is 6.54 Å². The summed E-state index contributed by atoms with van der Waals surface area (Å²) in [6.45, 7) is 4.63. The van der Waals surface area contributed by atoms with Crippen LogP contribution in [0.4, 0.5) is 0 Å². The Hall–Kier alpha value is -1.46. The lowest BCUT2D eigenvalue weighted by Crippen LogP contribution is -2.32. The predicted molar refractivity (Wildman–Crippen MR) is 92.4 cm³/mol. The smallest absolute Gasteiger partial charge is 0.160 e. The molecular formula is C18H27N5. The molecule has 2 aromatic heterocycles. The molecule has 0 aliphatic carbocycles. The Morgan fingerprint density at radius 3 is 2.87 bits per heavy atom. The molecule has 5 nitrogen and oxygen atoms in total. The highest BCUT2D eigenvalue weighted by atomic mass is 15.2. The summed E-state index contributed by atoms with van der Waals surface area (Å²) in [6, 6.07) is 4.54. The summed E-state index contributed by atoms with van der Waals surface area (Å²) in [6.07, 6.45) is 7.00. The average molecular weight is 313 g/mol. The van der Waals surface area contributed by atoms with Crippen LogP contribution in [0.5, 0.6) is 0 Å². The van der Waals surface area contributed by atoms with Gasteiger partial charge in [0, 0.05) is 19.3 Å². The summed E-state index contributed by atoms with van der Waals surface area (Å²) in [5.74, 6) is 1.95. The van der Waals surface area contributed by atoms with Gasteiger partial charge in [-0.15, -0.1) is 0 Å². The number of likely N-dealkylation sites (tertiary alicyclic amines) is 2. The molecule has 0 N–H and O–H groups in total. The van der Waals surface area contributed by atoms with Crippen LogP contribution in [0.2, 0.25) is 0 Å². The van der Waals surface area contributed by atoms with Crippen molar-refractivity contribution in [2.75, 3.05) is 33.7 Å². The molecule has 2 fully saturated rings. The minimum atomic E-state index is 0.442. The van der Waals surface area contributed by atoms with E-state index in [1.165, 1.54) is 51.1 Å². The molecule has 2 atom stereocenters. The zero-order valence-corrected chi connectivity index (χ0v) is 14.3. The zero-order valence-electron chi connectivity index (χ0n) is 14.3. The minimum absolute atomic E-state index is 0.442. The van der Waals surface area contributed by atoms with Gasteiger partial charge in [-0.25, -0.2) is 9.97 Å². The van der Waals surface area contributed by atoms with Gasteiger partial charge in [0.2, 0.25) is 0 Å². The molecule has 2 aliphatic heterocycles. The molecule has 2 unspecified atom stereocenters. The van der Waals surface area contributed by atoms with E-state index in [0.717, 1.165) is 17.7 Å². The van der Waals surface area contributed by atoms with E-state index in [2.05, 4.69) is 39.5 Å². The fourth-order valence-electron chi connectivity index (χ4n) is 4.25. The SMILES string of the molecule is CN1CCC(Cn2c(C3CCCCN3C)nc3cccnc32)C1. The van der Waals surface area contributed by atoms with Crippen molar-refractivity contribution < 1.29 is 0 Å². The maximum absolute atomic E-state index is 4.99. The summed E-state index contributed by atoms with van der Waals surface area (Å²) < 4.78 is 2.42. The Bertz CT molecular complexity index is 679. The van der Waals surface area contributed by atoms with Gasteiger partial charge in [0.25, 0.3) is 0 Å². The Kier molecular flexibility index (Phi) is 4.07. The maximum atomic E-state index is 4.99. The van der Waals surface area contributed by atoms with Gasteiger partial charge in [0.15, 0.2) is 5.65 Å². The largest absolute Gasteiger partial charge is 0.311 e. The molecule has 23 heavy (non-hydrogen) atoms. The highest BCUT2D eigenvalue weighted by Crippen LogP contribution is 2.32. The maximum Gasteiger partial charge on any atom is 0.160 e. The second-order valence-corrected chi connectivity index (χ2v) is 7.34. The molecule has 0 saturated carbocycles. The third-order valence-electron chi connectivity index (χ3n) is 5.53. The van der Waals surface area contributed by atoms with Crippen LogP contribution in [0.3, 0.4) is 0 Å². The fourth-order valence-corrected chi connectivity index (χ4v) is 4.25. The van der Waals surface area contributed by atoms with Crippen molar-refractivity contribution >= 4 is 11.2 Å². The second kappa shape index (κ2) is 6.21. The molecule has 2 aliphatic rings. The van der Waals surface area contributed by atoms with Crippen LogP contribution in [0, 0.1) is 5.92 Å². The first-order valence-corrected chi connectivity index (χ1v) is 8.92.